The van der Waals surface area contributed by atoms with Crippen molar-refractivity contribution in [2.24, 2.45) is 0 Å². The largest absolute Gasteiger partial charge is 0.395 e. The maximum atomic E-state index is 12.3. The molecule has 1 heterocycles. The van der Waals surface area contributed by atoms with Gasteiger partial charge in [-0.2, -0.15) is 0 Å². The highest BCUT2D eigenvalue weighted by atomic mass is 35.5. The van der Waals surface area contributed by atoms with Gasteiger partial charge in [-0.25, -0.2) is 0 Å². The summed E-state index contributed by atoms with van der Waals surface area (Å²) in [6, 6.07) is 1.67. The van der Waals surface area contributed by atoms with Gasteiger partial charge in [0.25, 0.3) is 5.91 Å². The fourth-order valence-corrected chi connectivity index (χ4v) is 1.93. The highest BCUT2D eigenvalue weighted by Gasteiger charge is 2.18. The molecule has 0 unspecified atom stereocenters. The van der Waals surface area contributed by atoms with Gasteiger partial charge in [0.1, 0.15) is 0 Å². The van der Waals surface area contributed by atoms with Gasteiger partial charge >= 0.3 is 0 Å². The standard InChI is InChI=1S/C13H19ClN2O2/c1-3-4-5-16(6-7-17)13(18)11-9-15-10(2)8-12(11)14/h8-9,17H,3-7H2,1-2H3. The Labute approximate surface area is 113 Å². The first-order valence-corrected chi connectivity index (χ1v) is 6.50. The first-order chi connectivity index (χ1) is 8.60. The summed E-state index contributed by atoms with van der Waals surface area (Å²) in [6.07, 6.45) is 3.40. The van der Waals surface area contributed by atoms with E-state index >= 15 is 0 Å². The van der Waals surface area contributed by atoms with Gasteiger partial charge < -0.3 is 10.0 Å². The third kappa shape index (κ3) is 3.96. The van der Waals surface area contributed by atoms with Gasteiger partial charge in [-0.05, 0) is 19.4 Å². The highest BCUT2D eigenvalue weighted by Crippen LogP contribution is 2.18. The second-order valence-electron chi connectivity index (χ2n) is 4.17. The number of aromatic nitrogens is 1. The molecule has 0 aromatic carbocycles. The van der Waals surface area contributed by atoms with E-state index in [4.69, 9.17) is 16.7 Å². The Kier molecular flexibility index (Phi) is 6.09. The monoisotopic (exact) mass is 270 g/mol. The molecule has 0 radical (unpaired) electrons. The second-order valence-corrected chi connectivity index (χ2v) is 4.58. The zero-order valence-corrected chi connectivity index (χ0v) is 11.6. The van der Waals surface area contributed by atoms with Crippen LogP contribution in [-0.4, -0.2) is 40.6 Å². The summed E-state index contributed by atoms with van der Waals surface area (Å²) in [7, 11) is 0. The van der Waals surface area contributed by atoms with Crippen LogP contribution in [-0.2, 0) is 0 Å². The van der Waals surface area contributed by atoms with Crippen LogP contribution in [0, 0.1) is 6.92 Å². The van der Waals surface area contributed by atoms with Crippen molar-refractivity contribution in [3.63, 3.8) is 0 Å². The second kappa shape index (κ2) is 7.34. The maximum Gasteiger partial charge on any atom is 0.257 e. The number of carbonyl (C=O) groups excluding carboxylic acids is 1. The number of amides is 1. The average Bonchev–Trinajstić information content (AvgIpc) is 2.33. The number of aryl methyl sites for hydroxylation is 1. The number of aliphatic hydroxyl groups is 1. The van der Waals surface area contributed by atoms with Crippen LogP contribution < -0.4 is 0 Å². The molecule has 1 aromatic heterocycles. The van der Waals surface area contributed by atoms with Crippen LogP contribution in [0.15, 0.2) is 12.3 Å². The van der Waals surface area contributed by atoms with E-state index in [0.717, 1.165) is 18.5 Å². The summed E-state index contributed by atoms with van der Waals surface area (Å²) in [6.45, 7) is 4.78. The van der Waals surface area contributed by atoms with Crippen molar-refractivity contribution in [1.29, 1.82) is 0 Å². The van der Waals surface area contributed by atoms with Crippen molar-refractivity contribution in [2.45, 2.75) is 26.7 Å². The average molecular weight is 271 g/mol. The molecule has 0 spiro atoms. The maximum absolute atomic E-state index is 12.3. The van der Waals surface area contributed by atoms with Gasteiger partial charge in [0.2, 0.25) is 0 Å². The Hall–Kier alpha value is -1.13. The fourth-order valence-electron chi connectivity index (χ4n) is 1.64. The summed E-state index contributed by atoms with van der Waals surface area (Å²) in [5.74, 6) is -0.171. The highest BCUT2D eigenvalue weighted by molar-refractivity contribution is 6.33. The molecule has 4 nitrogen and oxygen atoms in total. The molecule has 0 saturated heterocycles. The van der Waals surface area contributed by atoms with Gasteiger partial charge in [0, 0.05) is 25.0 Å². The zero-order chi connectivity index (χ0) is 13.5. The molecule has 0 aliphatic rings. The van der Waals surface area contributed by atoms with Crippen molar-refractivity contribution in [2.75, 3.05) is 19.7 Å². The van der Waals surface area contributed by atoms with Crippen molar-refractivity contribution >= 4 is 17.5 Å². The number of unbranched alkanes of at least 4 members (excludes halogenated alkanes) is 1. The van der Waals surface area contributed by atoms with E-state index < -0.39 is 0 Å². The molecule has 5 heteroatoms. The Bertz CT molecular complexity index is 410. The molecule has 100 valence electrons. The normalized spacial score (nSPS) is 10.4. The van der Waals surface area contributed by atoms with E-state index in [9.17, 15) is 4.79 Å². The number of pyridine rings is 1. The van der Waals surface area contributed by atoms with E-state index in [2.05, 4.69) is 11.9 Å². The van der Waals surface area contributed by atoms with Gasteiger partial charge in [-0.3, -0.25) is 9.78 Å². The lowest BCUT2D eigenvalue weighted by Gasteiger charge is -2.22. The molecule has 0 saturated carbocycles. The van der Waals surface area contributed by atoms with E-state index in [0.29, 0.717) is 23.7 Å². The number of nitrogens with zero attached hydrogens (tertiary/aromatic N) is 2. The van der Waals surface area contributed by atoms with Gasteiger partial charge in [0.15, 0.2) is 0 Å². The minimum Gasteiger partial charge on any atom is -0.395 e. The fraction of sp³-hybridized carbons (Fsp3) is 0.538. The molecular weight excluding hydrogens is 252 g/mol. The molecule has 18 heavy (non-hydrogen) atoms. The third-order valence-corrected chi connectivity index (χ3v) is 2.97. The molecule has 0 aliphatic heterocycles. The molecule has 0 aliphatic carbocycles. The smallest absolute Gasteiger partial charge is 0.257 e. The van der Waals surface area contributed by atoms with E-state index in [1.54, 1.807) is 11.0 Å². The molecule has 1 amide bonds. The third-order valence-electron chi connectivity index (χ3n) is 2.66. The predicted molar refractivity (Wildman–Crippen MR) is 71.9 cm³/mol. The molecule has 0 atom stereocenters. The lowest BCUT2D eigenvalue weighted by atomic mass is 10.2. The van der Waals surface area contributed by atoms with E-state index in [1.807, 2.05) is 6.92 Å². The first-order valence-electron chi connectivity index (χ1n) is 6.12. The SMILES string of the molecule is CCCCN(CCO)C(=O)c1cnc(C)cc1Cl. The van der Waals surface area contributed by atoms with Gasteiger partial charge in [-0.15, -0.1) is 0 Å². The van der Waals surface area contributed by atoms with Crippen LogP contribution in [0.1, 0.15) is 35.8 Å². The quantitative estimate of drug-likeness (QED) is 0.863. The molecule has 1 aromatic rings. The van der Waals surface area contributed by atoms with Crippen LogP contribution in [0.3, 0.4) is 0 Å². The summed E-state index contributed by atoms with van der Waals surface area (Å²) >= 11 is 6.05. The topological polar surface area (TPSA) is 53.4 Å². The molecule has 1 rings (SSSR count). The molecule has 0 bridgehead atoms. The number of rotatable bonds is 6. The Morgan fingerprint density at radius 1 is 1.50 bits per heavy atom. The van der Waals surface area contributed by atoms with Crippen molar-refractivity contribution < 1.29 is 9.90 Å². The van der Waals surface area contributed by atoms with Crippen molar-refractivity contribution in [3.05, 3.63) is 28.5 Å². The van der Waals surface area contributed by atoms with Crippen LogP contribution in [0.2, 0.25) is 5.02 Å². The predicted octanol–water partition coefficient (Wildman–Crippen LogP) is 2.28. The van der Waals surface area contributed by atoms with Crippen LogP contribution >= 0.6 is 11.6 Å². The first kappa shape index (κ1) is 14.9. The zero-order valence-electron chi connectivity index (χ0n) is 10.8. The number of hydrogen-bond acceptors (Lipinski definition) is 3. The van der Waals surface area contributed by atoms with Gasteiger partial charge in [-0.1, -0.05) is 24.9 Å². The summed E-state index contributed by atoms with van der Waals surface area (Å²) in [5.41, 5.74) is 1.17. The minimum atomic E-state index is -0.171. The summed E-state index contributed by atoms with van der Waals surface area (Å²) < 4.78 is 0. The van der Waals surface area contributed by atoms with Crippen LogP contribution in [0.25, 0.3) is 0 Å². The van der Waals surface area contributed by atoms with E-state index in [-0.39, 0.29) is 12.5 Å². The number of hydrogen-bond donors (Lipinski definition) is 1. The Morgan fingerprint density at radius 2 is 2.22 bits per heavy atom. The van der Waals surface area contributed by atoms with Crippen LogP contribution in [0.5, 0.6) is 0 Å². The molecule has 0 fully saturated rings. The van der Waals surface area contributed by atoms with Crippen molar-refractivity contribution in [1.82, 2.24) is 9.88 Å². The number of carbonyl (C=O) groups is 1. The lowest BCUT2D eigenvalue weighted by Crippen LogP contribution is -2.34. The number of aliphatic hydroxyl groups excluding tert-OH is 1. The number of halogens is 1. The summed E-state index contributed by atoms with van der Waals surface area (Å²) in [4.78, 5) is 18.0. The van der Waals surface area contributed by atoms with Gasteiger partial charge in [0.05, 0.1) is 17.2 Å². The molecular formula is C13H19ClN2O2. The molecule has 1 N–H and O–H groups in total. The van der Waals surface area contributed by atoms with Crippen LogP contribution in [0.4, 0.5) is 0 Å². The Morgan fingerprint density at radius 3 is 2.78 bits per heavy atom. The Balaban J connectivity index is 2.87. The van der Waals surface area contributed by atoms with E-state index in [1.165, 1.54) is 6.20 Å². The lowest BCUT2D eigenvalue weighted by molar-refractivity contribution is 0.0719. The minimum absolute atomic E-state index is 0.0492. The summed E-state index contributed by atoms with van der Waals surface area (Å²) in [5, 5.41) is 9.41. The van der Waals surface area contributed by atoms with Crippen molar-refractivity contribution in [3.8, 4) is 0 Å².